The third kappa shape index (κ3) is 30.5. The Morgan fingerprint density at radius 2 is 0.633 bits per heavy atom. The van der Waals surface area contributed by atoms with Crippen LogP contribution in [0.3, 0.4) is 0 Å². The zero-order valence-corrected chi connectivity index (χ0v) is 34.5. The Labute approximate surface area is 310 Å². The van der Waals surface area contributed by atoms with Gasteiger partial charge in [0, 0.05) is 6.42 Å². The molecule has 0 aliphatic heterocycles. The Morgan fingerprint density at radius 3 is 0.980 bits per heavy atom. The van der Waals surface area contributed by atoms with Crippen LogP contribution in [-0.2, 0) is 19.5 Å². The molecule has 0 atom stereocenters. The fraction of sp³-hybridized carbons (Fsp3) is 0.936. The topological polar surface area (TPSA) is 8.81 Å². The van der Waals surface area contributed by atoms with Crippen molar-refractivity contribution in [1.82, 2.24) is 4.57 Å². The normalized spacial score (nSPS) is 11.7. The maximum Gasteiger partial charge on any atom is 0.256 e. The predicted molar refractivity (Wildman–Crippen MR) is 221 cm³/mol. The fourth-order valence-electron chi connectivity index (χ4n) is 7.92. The quantitative estimate of drug-likeness (QED) is 0.0479. The van der Waals surface area contributed by atoms with Gasteiger partial charge in [-0.15, -0.1) is 0 Å². The van der Waals surface area contributed by atoms with E-state index in [1.165, 1.54) is 264 Å². The first kappa shape index (κ1) is 46.2. The van der Waals surface area contributed by atoms with E-state index in [0.717, 1.165) is 0 Å². The zero-order valence-electron chi connectivity index (χ0n) is 34.5. The van der Waals surface area contributed by atoms with Crippen LogP contribution in [0, 0.1) is 0 Å². The standard InChI is InChI=1S/C47H93N2/c1-4-7-10-13-16-19-21-23-24-25-26-27-28-30-33-36-39-42-47-48(43-40-37-34-31-18-15-12-9-6-3)45-46-49(47)44-41-38-35-32-29-22-20-17-14-11-8-5-2/h45-46H,4-44H2,1-3H3/q+1. The van der Waals surface area contributed by atoms with Crippen LogP contribution in [0.4, 0.5) is 0 Å². The number of imidazole rings is 1. The molecule has 0 bridgehead atoms. The molecule has 0 unspecified atom stereocenters. The lowest BCUT2D eigenvalue weighted by Gasteiger charge is -2.07. The summed E-state index contributed by atoms with van der Waals surface area (Å²) in [5, 5.41) is 0. The van der Waals surface area contributed by atoms with Crippen molar-refractivity contribution < 1.29 is 4.57 Å². The summed E-state index contributed by atoms with van der Waals surface area (Å²) in [5.74, 6) is 1.63. The molecule has 0 aliphatic rings. The van der Waals surface area contributed by atoms with Crippen molar-refractivity contribution in [1.29, 1.82) is 0 Å². The second-order valence-electron chi connectivity index (χ2n) is 16.2. The summed E-state index contributed by atoms with van der Waals surface area (Å²) in [4.78, 5) is 0. The van der Waals surface area contributed by atoms with Crippen molar-refractivity contribution in [2.75, 3.05) is 0 Å². The summed E-state index contributed by atoms with van der Waals surface area (Å²) in [7, 11) is 0. The lowest BCUT2D eigenvalue weighted by Crippen LogP contribution is -2.37. The van der Waals surface area contributed by atoms with E-state index >= 15 is 0 Å². The molecule has 0 saturated heterocycles. The first-order chi connectivity index (χ1) is 24.3. The molecular weight excluding hydrogens is 593 g/mol. The molecule has 1 rings (SSSR count). The van der Waals surface area contributed by atoms with Crippen LogP contribution >= 0.6 is 0 Å². The van der Waals surface area contributed by atoms with Gasteiger partial charge in [-0.3, -0.25) is 0 Å². The van der Waals surface area contributed by atoms with Crippen molar-refractivity contribution in [2.45, 2.75) is 284 Å². The molecule has 0 spiro atoms. The van der Waals surface area contributed by atoms with Crippen LogP contribution in [0.1, 0.15) is 271 Å². The number of hydrogen-bond acceptors (Lipinski definition) is 0. The molecule has 2 nitrogen and oxygen atoms in total. The molecule has 0 N–H and O–H groups in total. The van der Waals surface area contributed by atoms with Gasteiger partial charge in [-0.05, 0) is 32.1 Å². The Bertz CT molecular complexity index is 751. The number of nitrogens with zero attached hydrogens (tertiary/aromatic N) is 2. The molecule has 1 aromatic heterocycles. The van der Waals surface area contributed by atoms with E-state index in [1.807, 2.05) is 0 Å². The van der Waals surface area contributed by atoms with E-state index in [2.05, 4.69) is 42.3 Å². The number of aromatic nitrogens is 2. The molecule has 2 heteroatoms. The molecule has 0 amide bonds. The maximum absolute atomic E-state index is 2.65. The second kappa shape index (κ2) is 38.4. The van der Waals surface area contributed by atoms with Gasteiger partial charge in [-0.25, -0.2) is 9.13 Å². The summed E-state index contributed by atoms with van der Waals surface area (Å²) in [6.07, 6.45) is 60.8. The first-order valence-corrected chi connectivity index (χ1v) is 23.4. The van der Waals surface area contributed by atoms with Gasteiger partial charge in [0.15, 0.2) is 0 Å². The maximum atomic E-state index is 2.65. The Morgan fingerprint density at radius 1 is 0.347 bits per heavy atom. The van der Waals surface area contributed by atoms with Gasteiger partial charge >= 0.3 is 0 Å². The van der Waals surface area contributed by atoms with Crippen LogP contribution in [0.15, 0.2) is 12.4 Å². The van der Waals surface area contributed by atoms with Crippen LogP contribution in [-0.4, -0.2) is 4.57 Å². The number of hydrogen-bond donors (Lipinski definition) is 0. The van der Waals surface area contributed by atoms with E-state index in [0.29, 0.717) is 0 Å². The molecule has 49 heavy (non-hydrogen) atoms. The van der Waals surface area contributed by atoms with Crippen LogP contribution in [0.2, 0.25) is 0 Å². The summed E-state index contributed by atoms with van der Waals surface area (Å²) in [6, 6.07) is 0. The van der Waals surface area contributed by atoms with Gasteiger partial charge in [0.05, 0.1) is 13.1 Å². The van der Waals surface area contributed by atoms with Gasteiger partial charge in [0.2, 0.25) is 0 Å². The number of aryl methyl sites for hydroxylation is 2. The monoisotopic (exact) mass is 686 g/mol. The minimum atomic E-state index is 1.23. The highest BCUT2D eigenvalue weighted by molar-refractivity contribution is 4.84. The molecule has 0 radical (unpaired) electrons. The predicted octanol–water partition coefficient (Wildman–Crippen LogP) is 16.2. The third-order valence-electron chi connectivity index (χ3n) is 11.3. The minimum Gasteiger partial charge on any atom is -0.234 e. The molecule has 0 aromatic carbocycles. The second-order valence-corrected chi connectivity index (χ2v) is 16.2. The van der Waals surface area contributed by atoms with Gasteiger partial charge in [0.1, 0.15) is 12.4 Å². The van der Waals surface area contributed by atoms with Crippen LogP contribution < -0.4 is 4.57 Å². The molecule has 0 saturated carbocycles. The molecule has 1 heterocycles. The fourth-order valence-corrected chi connectivity index (χ4v) is 7.92. The van der Waals surface area contributed by atoms with Crippen molar-refractivity contribution in [2.24, 2.45) is 0 Å². The molecule has 0 fully saturated rings. The Hall–Kier alpha value is -0.790. The van der Waals surface area contributed by atoms with Crippen molar-refractivity contribution in [3.63, 3.8) is 0 Å². The van der Waals surface area contributed by atoms with E-state index in [9.17, 15) is 0 Å². The summed E-state index contributed by atoms with van der Waals surface area (Å²) < 4.78 is 5.30. The van der Waals surface area contributed by atoms with E-state index in [-0.39, 0.29) is 0 Å². The number of unbranched alkanes of at least 4 members (excludes halogenated alkanes) is 35. The largest absolute Gasteiger partial charge is 0.256 e. The van der Waals surface area contributed by atoms with Crippen molar-refractivity contribution in [3.8, 4) is 0 Å². The average Bonchev–Trinajstić information content (AvgIpc) is 3.50. The van der Waals surface area contributed by atoms with E-state index in [4.69, 9.17) is 0 Å². The van der Waals surface area contributed by atoms with Gasteiger partial charge in [-0.1, -0.05) is 233 Å². The SMILES string of the molecule is CCCCCCCCCCCCCCCCCCCc1n(CCCCCCCCCCC)cc[n+]1CCCCCCCCCCCCCC. The summed E-state index contributed by atoms with van der Waals surface area (Å²) in [5.41, 5.74) is 0. The van der Waals surface area contributed by atoms with Crippen molar-refractivity contribution >= 4 is 0 Å². The highest BCUT2D eigenvalue weighted by Gasteiger charge is 2.16. The Balaban J connectivity index is 2.23. The van der Waals surface area contributed by atoms with Crippen molar-refractivity contribution in [3.05, 3.63) is 18.2 Å². The summed E-state index contributed by atoms with van der Waals surface area (Å²) in [6.45, 7) is 9.41. The number of rotatable bonds is 41. The van der Waals surface area contributed by atoms with Gasteiger partial charge in [0.25, 0.3) is 5.82 Å². The van der Waals surface area contributed by atoms with Gasteiger partial charge < -0.3 is 0 Å². The first-order valence-electron chi connectivity index (χ1n) is 23.4. The van der Waals surface area contributed by atoms with Gasteiger partial charge in [-0.2, -0.15) is 0 Å². The molecular formula is C47H93N2+. The lowest BCUT2D eigenvalue weighted by molar-refractivity contribution is -0.704. The third-order valence-corrected chi connectivity index (χ3v) is 11.3. The average molecular weight is 686 g/mol. The lowest BCUT2D eigenvalue weighted by atomic mass is 10.0. The van der Waals surface area contributed by atoms with E-state index in [1.54, 1.807) is 5.82 Å². The highest BCUT2D eigenvalue weighted by atomic mass is 15.1. The smallest absolute Gasteiger partial charge is 0.234 e. The zero-order chi connectivity index (χ0) is 35.1. The molecule has 1 aromatic rings. The highest BCUT2D eigenvalue weighted by Crippen LogP contribution is 2.16. The Kier molecular flexibility index (Phi) is 36.3. The van der Waals surface area contributed by atoms with E-state index < -0.39 is 0 Å². The van der Waals surface area contributed by atoms with Crippen LogP contribution in [0.25, 0.3) is 0 Å². The van der Waals surface area contributed by atoms with Crippen LogP contribution in [0.5, 0.6) is 0 Å². The summed E-state index contributed by atoms with van der Waals surface area (Å²) >= 11 is 0. The molecule has 290 valence electrons. The molecule has 0 aliphatic carbocycles. The minimum absolute atomic E-state index is 1.23.